The molecule has 0 aliphatic carbocycles. The van der Waals surface area contributed by atoms with Crippen LogP contribution in [0.2, 0.25) is 0 Å². The Hall–Kier alpha value is -1.37. The van der Waals surface area contributed by atoms with Gasteiger partial charge in [0.1, 0.15) is 0 Å². The summed E-state index contributed by atoms with van der Waals surface area (Å²) in [6.45, 7) is 2.07. The average molecular weight is 343 g/mol. The highest BCUT2D eigenvalue weighted by atomic mass is 127. The zero-order chi connectivity index (χ0) is 12.3. The number of nitrogens with zero attached hydrogens (tertiary/aromatic N) is 1. The van der Waals surface area contributed by atoms with Crippen molar-refractivity contribution in [3.63, 3.8) is 0 Å². The Bertz CT molecular complexity index is 519. The van der Waals surface area contributed by atoms with Gasteiger partial charge in [-0.25, -0.2) is 4.79 Å². The predicted octanol–water partition coefficient (Wildman–Crippen LogP) is 3.12. The lowest BCUT2D eigenvalue weighted by Gasteiger charge is -1.95. The van der Waals surface area contributed by atoms with Gasteiger partial charge in [-0.05, 0) is 41.6 Å². The van der Waals surface area contributed by atoms with E-state index in [1.165, 1.54) is 0 Å². The summed E-state index contributed by atoms with van der Waals surface area (Å²) in [5, 5.41) is 3.68. The van der Waals surface area contributed by atoms with Crippen LogP contribution in [-0.4, -0.2) is 17.7 Å². The van der Waals surface area contributed by atoms with Gasteiger partial charge in [-0.2, -0.15) is 0 Å². The molecule has 1 aromatic carbocycles. The van der Waals surface area contributed by atoms with E-state index in [0.29, 0.717) is 12.4 Å². The third-order valence-electron chi connectivity index (χ3n) is 2.12. The fraction of sp³-hybridized carbons (Fsp3) is 0.167. The van der Waals surface area contributed by atoms with Crippen LogP contribution in [0.1, 0.15) is 17.4 Å². The minimum Gasteiger partial charge on any atom is -0.461 e. The van der Waals surface area contributed by atoms with Gasteiger partial charge < -0.3 is 9.26 Å². The molecule has 0 fully saturated rings. The molecule has 0 saturated carbocycles. The molecule has 0 saturated heterocycles. The van der Waals surface area contributed by atoms with Crippen LogP contribution in [0.5, 0.6) is 0 Å². The highest BCUT2D eigenvalue weighted by molar-refractivity contribution is 14.1. The maximum absolute atomic E-state index is 11.4. The minimum atomic E-state index is -0.465. The second kappa shape index (κ2) is 5.31. The van der Waals surface area contributed by atoms with Crippen molar-refractivity contribution in [2.45, 2.75) is 6.92 Å². The van der Waals surface area contributed by atoms with E-state index in [4.69, 9.17) is 9.26 Å². The number of rotatable bonds is 3. The van der Waals surface area contributed by atoms with Crippen LogP contribution in [0.4, 0.5) is 0 Å². The molecule has 0 bridgehead atoms. The minimum absolute atomic E-state index is 0.195. The molecule has 4 nitrogen and oxygen atoms in total. The normalized spacial score (nSPS) is 10.2. The van der Waals surface area contributed by atoms with E-state index in [1.807, 2.05) is 24.3 Å². The van der Waals surface area contributed by atoms with Gasteiger partial charge >= 0.3 is 5.97 Å². The summed E-state index contributed by atoms with van der Waals surface area (Å²) >= 11 is 2.22. The van der Waals surface area contributed by atoms with Crippen molar-refractivity contribution in [1.82, 2.24) is 5.16 Å². The summed E-state index contributed by atoms with van der Waals surface area (Å²) in [5.41, 5.74) is 1.08. The van der Waals surface area contributed by atoms with Gasteiger partial charge in [-0.15, -0.1) is 0 Å². The molecule has 0 aliphatic rings. The lowest BCUT2D eigenvalue weighted by Crippen LogP contribution is -2.04. The second-order valence-electron chi connectivity index (χ2n) is 3.30. The summed E-state index contributed by atoms with van der Waals surface area (Å²) < 4.78 is 11.1. The van der Waals surface area contributed by atoms with Gasteiger partial charge in [-0.1, -0.05) is 17.3 Å². The van der Waals surface area contributed by atoms with E-state index in [0.717, 1.165) is 9.13 Å². The van der Waals surface area contributed by atoms with Gasteiger partial charge in [0.15, 0.2) is 11.5 Å². The van der Waals surface area contributed by atoms with Gasteiger partial charge in [0.05, 0.1) is 6.61 Å². The number of carbonyl (C=O) groups excluding carboxylic acids is 1. The number of carbonyl (C=O) groups is 1. The Kier molecular flexibility index (Phi) is 3.78. The number of esters is 1. The molecule has 1 aromatic heterocycles. The molecular weight excluding hydrogens is 333 g/mol. The van der Waals surface area contributed by atoms with E-state index >= 15 is 0 Å². The summed E-state index contributed by atoms with van der Waals surface area (Å²) in [5.74, 6) is 0.0949. The molecule has 0 atom stereocenters. The largest absolute Gasteiger partial charge is 0.461 e. The predicted molar refractivity (Wildman–Crippen MR) is 70.6 cm³/mol. The maximum atomic E-state index is 11.4. The summed E-state index contributed by atoms with van der Waals surface area (Å²) in [6.07, 6.45) is 0. The van der Waals surface area contributed by atoms with Gasteiger partial charge in [-0.3, -0.25) is 0 Å². The van der Waals surface area contributed by atoms with Crippen molar-refractivity contribution in [3.8, 4) is 11.3 Å². The Morgan fingerprint density at radius 2 is 2.12 bits per heavy atom. The number of halogens is 1. The van der Waals surface area contributed by atoms with Gasteiger partial charge in [0, 0.05) is 15.2 Å². The van der Waals surface area contributed by atoms with Crippen molar-refractivity contribution in [2.75, 3.05) is 6.61 Å². The van der Waals surface area contributed by atoms with Gasteiger partial charge in [0.25, 0.3) is 0 Å². The molecule has 2 rings (SSSR count). The van der Waals surface area contributed by atoms with E-state index in [-0.39, 0.29) is 5.69 Å². The Morgan fingerprint density at radius 3 is 2.76 bits per heavy atom. The molecule has 0 amide bonds. The number of hydrogen-bond donors (Lipinski definition) is 0. The summed E-state index contributed by atoms with van der Waals surface area (Å²) in [7, 11) is 0. The standard InChI is InChI=1S/C12H10INO3/c1-2-16-12(15)10-7-11(17-14-10)8-3-5-9(13)6-4-8/h3-7H,2H2,1H3. The molecule has 88 valence electrons. The fourth-order valence-corrected chi connectivity index (χ4v) is 1.69. The molecule has 2 aromatic rings. The first-order valence-electron chi connectivity index (χ1n) is 5.10. The molecule has 0 radical (unpaired) electrons. The van der Waals surface area contributed by atoms with Crippen molar-refractivity contribution in [1.29, 1.82) is 0 Å². The number of hydrogen-bond acceptors (Lipinski definition) is 4. The summed E-state index contributed by atoms with van der Waals surface area (Å²) in [6, 6.07) is 9.33. The first kappa shape index (κ1) is 12.1. The SMILES string of the molecule is CCOC(=O)c1cc(-c2ccc(I)cc2)on1. The molecule has 0 spiro atoms. The maximum Gasteiger partial charge on any atom is 0.360 e. The molecule has 1 heterocycles. The smallest absolute Gasteiger partial charge is 0.360 e. The Labute approximate surface area is 112 Å². The highest BCUT2D eigenvalue weighted by Crippen LogP contribution is 2.21. The quantitative estimate of drug-likeness (QED) is 0.635. The number of ether oxygens (including phenoxy) is 1. The first-order chi connectivity index (χ1) is 8.20. The van der Waals surface area contributed by atoms with Crippen LogP contribution in [0.3, 0.4) is 0 Å². The third kappa shape index (κ3) is 2.85. The zero-order valence-corrected chi connectivity index (χ0v) is 11.3. The van der Waals surface area contributed by atoms with Crippen LogP contribution in [0, 0.1) is 3.57 Å². The van der Waals surface area contributed by atoms with E-state index < -0.39 is 5.97 Å². The zero-order valence-electron chi connectivity index (χ0n) is 9.14. The number of aromatic nitrogens is 1. The summed E-state index contributed by atoms with van der Waals surface area (Å²) in [4.78, 5) is 11.4. The fourth-order valence-electron chi connectivity index (χ4n) is 1.33. The molecule has 0 unspecified atom stereocenters. The topological polar surface area (TPSA) is 52.3 Å². The van der Waals surface area contributed by atoms with Crippen LogP contribution in [0.25, 0.3) is 11.3 Å². The van der Waals surface area contributed by atoms with Crippen LogP contribution in [-0.2, 0) is 4.74 Å². The van der Waals surface area contributed by atoms with E-state index in [9.17, 15) is 4.79 Å². The first-order valence-corrected chi connectivity index (χ1v) is 6.18. The molecule has 17 heavy (non-hydrogen) atoms. The molecule has 0 N–H and O–H groups in total. The van der Waals surface area contributed by atoms with Crippen LogP contribution >= 0.6 is 22.6 Å². The third-order valence-corrected chi connectivity index (χ3v) is 2.84. The molecular formula is C12H10INO3. The average Bonchev–Trinajstić information content (AvgIpc) is 2.80. The van der Waals surface area contributed by atoms with Gasteiger partial charge in [0.2, 0.25) is 0 Å². The highest BCUT2D eigenvalue weighted by Gasteiger charge is 2.14. The lowest BCUT2D eigenvalue weighted by atomic mass is 10.2. The van der Waals surface area contributed by atoms with E-state index in [2.05, 4.69) is 27.7 Å². The van der Waals surface area contributed by atoms with Crippen molar-refractivity contribution in [3.05, 3.63) is 39.6 Å². The van der Waals surface area contributed by atoms with Crippen molar-refractivity contribution in [2.24, 2.45) is 0 Å². The van der Waals surface area contributed by atoms with Crippen molar-refractivity contribution >= 4 is 28.6 Å². The lowest BCUT2D eigenvalue weighted by molar-refractivity contribution is 0.0514. The molecule has 0 aliphatic heterocycles. The number of benzene rings is 1. The second-order valence-corrected chi connectivity index (χ2v) is 4.55. The van der Waals surface area contributed by atoms with Crippen LogP contribution in [0.15, 0.2) is 34.9 Å². The monoisotopic (exact) mass is 343 g/mol. The molecule has 5 heteroatoms. The Morgan fingerprint density at radius 1 is 1.41 bits per heavy atom. The Balaban J connectivity index is 2.23. The van der Waals surface area contributed by atoms with Crippen LogP contribution < -0.4 is 0 Å². The van der Waals surface area contributed by atoms with E-state index in [1.54, 1.807) is 13.0 Å². The van der Waals surface area contributed by atoms with Crippen molar-refractivity contribution < 1.29 is 14.1 Å².